The number of rotatable bonds is 5. The number of hydrogen-bond donors (Lipinski definition) is 0. The van der Waals surface area contributed by atoms with Crippen molar-refractivity contribution in [3.05, 3.63) is 53.9 Å². The SMILES string of the molecule is Cc1ccc(-n2cccc2CCCN(C)C)cc1. The van der Waals surface area contributed by atoms with E-state index in [4.69, 9.17) is 0 Å². The lowest BCUT2D eigenvalue weighted by molar-refractivity contribution is 0.399. The van der Waals surface area contributed by atoms with Gasteiger partial charge in [0.05, 0.1) is 0 Å². The van der Waals surface area contributed by atoms with Crippen LogP contribution in [0.15, 0.2) is 42.6 Å². The fraction of sp³-hybridized carbons (Fsp3) is 0.375. The summed E-state index contributed by atoms with van der Waals surface area (Å²) >= 11 is 0. The van der Waals surface area contributed by atoms with Crippen molar-refractivity contribution < 1.29 is 0 Å². The molecule has 0 unspecified atom stereocenters. The summed E-state index contributed by atoms with van der Waals surface area (Å²) in [6.45, 7) is 3.26. The molecule has 0 fully saturated rings. The van der Waals surface area contributed by atoms with Crippen LogP contribution in [0.2, 0.25) is 0 Å². The Morgan fingerprint density at radius 1 is 1.06 bits per heavy atom. The number of aryl methyl sites for hydroxylation is 2. The van der Waals surface area contributed by atoms with Gasteiger partial charge >= 0.3 is 0 Å². The second-order valence-electron chi connectivity index (χ2n) is 5.11. The van der Waals surface area contributed by atoms with Crippen LogP contribution in [-0.2, 0) is 6.42 Å². The Morgan fingerprint density at radius 2 is 1.78 bits per heavy atom. The number of nitrogens with zero attached hydrogens (tertiary/aromatic N) is 2. The maximum atomic E-state index is 2.29. The number of aromatic nitrogens is 1. The molecular formula is C16H22N2. The molecule has 1 aromatic heterocycles. The minimum Gasteiger partial charge on any atom is -0.321 e. The van der Waals surface area contributed by atoms with Crippen molar-refractivity contribution >= 4 is 0 Å². The molecule has 0 bridgehead atoms. The van der Waals surface area contributed by atoms with E-state index >= 15 is 0 Å². The summed E-state index contributed by atoms with van der Waals surface area (Å²) in [7, 11) is 4.25. The summed E-state index contributed by atoms with van der Waals surface area (Å²) in [5.74, 6) is 0. The summed E-state index contributed by atoms with van der Waals surface area (Å²) in [6, 6.07) is 13.0. The standard InChI is InChI=1S/C16H22N2/c1-14-8-10-16(11-9-14)18-13-5-7-15(18)6-4-12-17(2)3/h5,7-11,13H,4,6,12H2,1-3H3. The molecule has 0 spiro atoms. The molecule has 0 saturated carbocycles. The van der Waals surface area contributed by atoms with Crippen LogP contribution < -0.4 is 0 Å². The van der Waals surface area contributed by atoms with E-state index in [-0.39, 0.29) is 0 Å². The third-order valence-electron chi connectivity index (χ3n) is 3.18. The fourth-order valence-electron chi connectivity index (χ4n) is 2.15. The summed E-state index contributed by atoms with van der Waals surface area (Å²) in [5, 5.41) is 0. The minimum atomic E-state index is 1.12. The molecule has 96 valence electrons. The molecule has 18 heavy (non-hydrogen) atoms. The van der Waals surface area contributed by atoms with Crippen molar-refractivity contribution in [2.45, 2.75) is 19.8 Å². The fourth-order valence-corrected chi connectivity index (χ4v) is 2.15. The Morgan fingerprint density at radius 3 is 2.44 bits per heavy atom. The molecule has 0 aliphatic carbocycles. The van der Waals surface area contributed by atoms with Crippen LogP contribution in [0.4, 0.5) is 0 Å². The van der Waals surface area contributed by atoms with Crippen molar-refractivity contribution in [1.29, 1.82) is 0 Å². The first kappa shape index (κ1) is 12.9. The second kappa shape index (κ2) is 5.87. The third kappa shape index (κ3) is 3.23. The predicted molar refractivity (Wildman–Crippen MR) is 77.4 cm³/mol. The highest BCUT2D eigenvalue weighted by Crippen LogP contribution is 2.15. The summed E-state index contributed by atoms with van der Waals surface area (Å²) < 4.78 is 2.29. The van der Waals surface area contributed by atoms with Gasteiger partial charge in [0.1, 0.15) is 0 Å². The molecule has 2 rings (SSSR count). The quantitative estimate of drug-likeness (QED) is 0.781. The van der Waals surface area contributed by atoms with Gasteiger partial charge in [0.2, 0.25) is 0 Å². The molecule has 1 aromatic carbocycles. The second-order valence-corrected chi connectivity index (χ2v) is 5.11. The first-order valence-electron chi connectivity index (χ1n) is 6.55. The van der Waals surface area contributed by atoms with Gasteiger partial charge in [-0.15, -0.1) is 0 Å². The molecule has 0 saturated heterocycles. The highest BCUT2D eigenvalue weighted by atomic mass is 15.0. The van der Waals surface area contributed by atoms with Crippen LogP contribution in [0.25, 0.3) is 5.69 Å². The molecule has 0 amide bonds. The van der Waals surface area contributed by atoms with E-state index in [9.17, 15) is 0 Å². The predicted octanol–water partition coefficient (Wildman–Crippen LogP) is 3.28. The first-order chi connectivity index (χ1) is 8.66. The molecule has 0 N–H and O–H groups in total. The smallest absolute Gasteiger partial charge is 0.0452 e. The van der Waals surface area contributed by atoms with Crippen LogP contribution in [0.3, 0.4) is 0 Å². The molecule has 2 nitrogen and oxygen atoms in total. The maximum absolute atomic E-state index is 2.29. The molecule has 0 atom stereocenters. The zero-order valence-electron chi connectivity index (χ0n) is 11.6. The van der Waals surface area contributed by atoms with Gasteiger partial charge in [-0.25, -0.2) is 0 Å². The average Bonchev–Trinajstić information content (AvgIpc) is 2.78. The van der Waals surface area contributed by atoms with Gasteiger partial charge < -0.3 is 9.47 Å². The zero-order chi connectivity index (χ0) is 13.0. The van der Waals surface area contributed by atoms with Gasteiger partial charge in [-0.2, -0.15) is 0 Å². The number of hydrogen-bond acceptors (Lipinski definition) is 1. The van der Waals surface area contributed by atoms with Crippen molar-refractivity contribution in [1.82, 2.24) is 9.47 Å². The van der Waals surface area contributed by atoms with Gasteiger partial charge in [-0.05, 0) is 64.7 Å². The van der Waals surface area contributed by atoms with E-state index in [1.54, 1.807) is 0 Å². The Balaban J connectivity index is 2.10. The third-order valence-corrected chi connectivity index (χ3v) is 3.18. The molecule has 0 radical (unpaired) electrons. The van der Waals surface area contributed by atoms with E-state index in [0.29, 0.717) is 0 Å². The summed E-state index contributed by atoms with van der Waals surface area (Å²) in [6.07, 6.45) is 4.47. The Bertz CT molecular complexity index is 480. The Labute approximate surface area is 110 Å². The zero-order valence-corrected chi connectivity index (χ0v) is 11.6. The molecule has 0 aliphatic heterocycles. The highest BCUT2D eigenvalue weighted by molar-refractivity contribution is 5.37. The van der Waals surface area contributed by atoms with E-state index in [2.05, 4.69) is 73.1 Å². The topological polar surface area (TPSA) is 8.17 Å². The Hall–Kier alpha value is -1.54. The van der Waals surface area contributed by atoms with Gasteiger partial charge in [0.15, 0.2) is 0 Å². The maximum Gasteiger partial charge on any atom is 0.0452 e. The lowest BCUT2D eigenvalue weighted by atomic mass is 10.2. The van der Waals surface area contributed by atoms with Crippen LogP contribution >= 0.6 is 0 Å². The molecule has 0 aliphatic rings. The summed E-state index contributed by atoms with van der Waals surface area (Å²) in [4.78, 5) is 2.24. The van der Waals surface area contributed by atoms with Crippen LogP contribution in [0, 0.1) is 6.92 Å². The Kier molecular flexibility index (Phi) is 4.21. The summed E-state index contributed by atoms with van der Waals surface area (Å²) in [5.41, 5.74) is 3.95. The largest absolute Gasteiger partial charge is 0.321 e. The van der Waals surface area contributed by atoms with E-state index < -0.39 is 0 Å². The van der Waals surface area contributed by atoms with Crippen LogP contribution in [0.1, 0.15) is 17.7 Å². The monoisotopic (exact) mass is 242 g/mol. The molecule has 2 aromatic rings. The lowest BCUT2D eigenvalue weighted by Gasteiger charge is -2.12. The van der Waals surface area contributed by atoms with Crippen molar-refractivity contribution in [3.8, 4) is 5.69 Å². The van der Waals surface area contributed by atoms with E-state index in [0.717, 1.165) is 13.0 Å². The highest BCUT2D eigenvalue weighted by Gasteiger charge is 2.03. The molecule has 2 heteroatoms. The molecule has 1 heterocycles. The van der Waals surface area contributed by atoms with E-state index in [1.165, 1.54) is 23.4 Å². The normalized spacial score (nSPS) is 11.1. The average molecular weight is 242 g/mol. The van der Waals surface area contributed by atoms with Crippen molar-refractivity contribution in [2.75, 3.05) is 20.6 Å². The van der Waals surface area contributed by atoms with Gasteiger partial charge in [0.25, 0.3) is 0 Å². The van der Waals surface area contributed by atoms with E-state index in [1.807, 2.05) is 0 Å². The first-order valence-corrected chi connectivity index (χ1v) is 6.55. The minimum absolute atomic E-state index is 1.12. The molecular weight excluding hydrogens is 220 g/mol. The van der Waals surface area contributed by atoms with Gasteiger partial charge in [0, 0.05) is 17.6 Å². The number of benzene rings is 1. The van der Waals surface area contributed by atoms with Crippen LogP contribution in [-0.4, -0.2) is 30.1 Å². The van der Waals surface area contributed by atoms with Gasteiger partial charge in [-0.3, -0.25) is 0 Å². The van der Waals surface area contributed by atoms with Crippen LogP contribution in [0.5, 0.6) is 0 Å². The van der Waals surface area contributed by atoms with Crippen molar-refractivity contribution in [3.63, 3.8) is 0 Å². The lowest BCUT2D eigenvalue weighted by Crippen LogP contribution is -2.14. The van der Waals surface area contributed by atoms with Crippen molar-refractivity contribution in [2.24, 2.45) is 0 Å². The van der Waals surface area contributed by atoms with Gasteiger partial charge in [-0.1, -0.05) is 17.7 Å².